The van der Waals surface area contributed by atoms with Crippen LogP contribution in [0, 0.1) is 10.1 Å². The molecule has 1 aromatic heterocycles. The largest absolute Gasteiger partial charge is 0.416 e. The molecule has 1 heterocycles. The Bertz CT molecular complexity index is 673. The zero-order chi connectivity index (χ0) is 15.6. The number of alkyl halides is 3. The number of nitro benzene ring substituents is 1. The van der Waals surface area contributed by atoms with Gasteiger partial charge in [-0.3, -0.25) is 10.1 Å². The lowest BCUT2D eigenvalue weighted by atomic mass is 10.1. The fourth-order valence-corrected chi connectivity index (χ4v) is 2.66. The Labute approximate surface area is 126 Å². The molecule has 0 aliphatic rings. The Kier molecular flexibility index (Phi) is 4.38. The van der Waals surface area contributed by atoms with Crippen LogP contribution in [0.3, 0.4) is 0 Å². The van der Waals surface area contributed by atoms with Gasteiger partial charge in [0.1, 0.15) is 5.69 Å². The van der Waals surface area contributed by atoms with Gasteiger partial charge < -0.3 is 5.32 Å². The van der Waals surface area contributed by atoms with Crippen LogP contribution in [-0.2, 0) is 12.7 Å². The van der Waals surface area contributed by atoms with Crippen molar-refractivity contribution in [2.75, 3.05) is 5.32 Å². The summed E-state index contributed by atoms with van der Waals surface area (Å²) in [5, 5.41) is 13.6. The van der Waals surface area contributed by atoms with Crippen LogP contribution in [0.15, 0.2) is 30.3 Å². The van der Waals surface area contributed by atoms with Crippen LogP contribution in [0.25, 0.3) is 0 Å². The first-order valence-electron chi connectivity index (χ1n) is 5.61. The van der Waals surface area contributed by atoms with E-state index in [4.69, 9.17) is 11.6 Å². The Hall–Kier alpha value is -1.80. The van der Waals surface area contributed by atoms with Gasteiger partial charge in [0.15, 0.2) is 0 Å². The van der Waals surface area contributed by atoms with E-state index in [2.05, 4.69) is 5.32 Å². The van der Waals surface area contributed by atoms with Crippen LogP contribution in [0.4, 0.5) is 24.5 Å². The van der Waals surface area contributed by atoms with Gasteiger partial charge in [-0.15, -0.1) is 11.3 Å². The highest BCUT2D eigenvalue weighted by atomic mass is 35.5. The van der Waals surface area contributed by atoms with Crippen molar-refractivity contribution in [1.82, 2.24) is 0 Å². The molecule has 0 aliphatic heterocycles. The molecule has 2 aromatic rings. The highest BCUT2D eigenvalue weighted by Crippen LogP contribution is 2.35. The highest BCUT2D eigenvalue weighted by molar-refractivity contribution is 7.16. The predicted octanol–water partition coefficient (Wildman–Crippen LogP) is 4.94. The van der Waals surface area contributed by atoms with Crippen molar-refractivity contribution >= 4 is 34.3 Å². The molecule has 0 bridgehead atoms. The van der Waals surface area contributed by atoms with Gasteiger partial charge in [0.25, 0.3) is 5.69 Å². The summed E-state index contributed by atoms with van der Waals surface area (Å²) >= 11 is 7.03. The second-order valence-corrected chi connectivity index (χ2v) is 5.85. The maximum atomic E-state index is 12.6. The number of hydrogen-bond donors (Lipinski definition) is 1. The molecule has 21 heavy (non-hydrogen) atoms. The van der Waals surface area contributed by atoms with Gasteiger partial charge in [-0.05, 0) is 24.3 Å². The minimum absolute atomic E-state index is 0.0255. The highest BCUT2D eigenvalue weighted by Gasteiger charge is 2.32. The van der Waals surface area contributed by atoms with E-state index < -0.39 is 22.4 Å². The molecule has 1 N–H and O–H groups in total. The molecular formula is C12H8ClF3N2O2S. The first kappa shape index (κ1) is 15.6. The summed E-state index contributed by atoms with van der Waals surface area (Å²) in [4.78, 5) is 10.9. The number of benzene rings is 1. The van der Waals surface area contributed by atoms with Crippen LogP contribution < -0.4 is 5.32 Å². The lowest BCUT2D eigenvalue weighted by molar-refractivity contribution is -0.384. The number of nitrogens with zero attached hydrogens (tertiary/aromatic N) is 1. The number of halogens is 4. The summed E-state index contributed by atoms with van der Waals surface area (Å²) in [6.45, 7) is 0.240. The standard InChI is InChI=1S/C12H8ClF3N2O2S/c13-11-4-2-8(21-11)6-17-9-3-1-7(12(14,15)16)5-10(9)18(19)20/h1-5,17H,6H2. The van der Waals surface area contributed by atoms with Crippen LogP contribution in [0.2, 0.25) is 4.34 Å². The van der Waals surface area contributed by atoms with E-state index in [1.54, 1.807) is 12.1 Å². The molecule has 0 spiro atoms. The Morgan fingerprint density at radius 1 is 1.29 bits per heavy atom. The van der Waals surface area contributed by atoms with E-state index in [0.717, 1.165) is 17.0 Å². The predicted molar refractivity (Wildman–Crippen MR) is 74.8 cm³/mol. The minimum atomic E-state index is -4.62. The number of thiophene rings is 1. The lowest BCUT2D eigenvalue weighted by Gasteiger charge is -2.10. The van der Waals surface area contributed by atoms with Gasteiger partial charge in [-0.2, -0.15) is 13.2 Å². The van der Waals surface area contributed by atoms with Crippen molar-refractivity contribution < 1.29 is 18.1 Å². The summed E-state index contributed by atoms with van der Waals surface area (Å²) in [6.07, 6.45) is -4.62. The average Bonchev–Trinajstić information content (AvgIpc) is 2.80. The summed E-state index contributed by atoms with van der Waals surface area (Å²) in [6, 6.07) is 5.77. The monoisotopic (exact) mass is 336 g/mol. The van der Waals surface area contributed by atoms with Crippen molar-refractivity contribution in [3.05, 3.63) is 55.2 Å². The first-order valence-corrected chi connectivity index (χ1v) is 6.80. The fraction of sp³-hybridized carbons (Fsp3) is 0.167. The lowest BCUT2D eigenvalue weighted by Crippen LogP contribution is -2.07. The van der Waals surface area contributed by atoms with Crippen LogP contribution in [0.1, 0.15) is 10.4 Å². The number of rotatable bonds is 4. The van der Waals surface area contributed by atoms with E-state index in [-0.39, 0.29) is 12.2 Å². The van der Waals surface area contributed by atoms with Crippen LogP contribution in [-0.4, -0.2) is 4.92 Å². The molecule has 0 saturated heterocycles. The SMILES string of the molecule is O=[N+]([O-])c1cc(C(F)(F)F)ccc1NCc1ccc(Cl)s1. The molecule has 0 aliphatic carbocycles. The number of hydrogen-bond acceptors (Lipinski definition) is 4. The zero-order valence-electron chi connectivity index (χ0n) is 10.3. The minimum Gasteiger partial charge on any atom is -0.375 e. The molecule has 0 unspecified atom stereocenters. The van der Waals surface area contributed by atoms with Gasteiger partial charge in [0, 0.05) is 17.5 Å². The molecule has 0 saturated carbocycles. The third-order valence-electron chi connectivity index (χ3n) is 2.60. The van der Waals surface area contributed by atoms with Gasteiger partial charge in [0.05, 0.1) is 14.8 Å². The number of anilines is 1. The van der Waals surface area contributed by atoms with Gasteiger partial charge in [0.2, 0.25) is 0 Å². The maximum absolute atomic E-state index is 12.6. The first-order chi connectivity index (χ1) is 9.77. The maximum Gasteiger partial charge on any atom is 0.416 e. The van der Waals surface area contributed by atoms with Crippen molar-refractivity contribution in [3.63, 3.8) is 0 Å². The molecule has 2 rings (SSSR count). The molecule has 0 amide bonds. The molecule has 4 nitrogen and oxygen atoms in total. The summed E-state index contributed by atoms with van der Waals surface area (Å²) < 4.78 is 38.2. The molecule has 1 aromatic carbocycles. The van der Waals surface area contributed by atoms with E-state index in [9.17, 15) is 23.3 Å². The number of nitro groups is 1. The summed E-state index contributed by atoms with van der Waals surface area (Å²) in [7, 11) is 0. The van der Waals surface area contributed by atoms with Crippen molar-refractivity contribution in [2.24, 2.45) is 0 Å². The summed E-state index contributed by atoms with van der Waals surface area (Å²) in [5.74, 6) is 0. The smallest absolute Gasteiger partial charge is 0.375 e. The third kappa shape index (κ3) is 3.85. The second-order valence-electron chi connectivity index (χ2n) is 4.05. The molecule has 9 heteroatoms. The molecular weight excluding hydrogens is 329 g/mol. The molecule has 0 atom stereocenters. The number of nitrogens with one attached hydrogen (secondary N) is 1. The Balaban J connectivity index is 2.24. The zero-order valence-corrected chi connectivity index (χ0v) is 11.9. The molecule has 0 fully saturated rings. The summed E-state index contributed by atoms with van der Waals surface area (Å²) in [5.41, 5.74) is -1.65. The normalized spacial score (nSPS) is 11.4. The van der Waals surface area contributed by atoms with E-state index in [1.807, 2.05) is 0 Å². The third-order valence-corrected chi connectivity index (χ3v) is 3.83. The van der Waals surface area contributed by atoms with Crippen molar-refractivity contribution in [2.45, 2.75) is 12.7 Å². The molecule has 0 radical (unpaired) electrons. The van der Waals surface area contributed by atoms with Crippen LogP contribution in [0.5, 0.6) is 0 Å². The second kappa shape index (κ2) is 5.90. The fourth-order valence-electron chi connectivity index (χ4n) is 1.64. The Morgan fingerprint density at radius 2 is 2.00 bits per heavy atom. The van der Waals surface area contributed by atoms with Gasteiger partial charge in [-0.25, -0.2) is 0 Å². The van der Waals surface area contributed by atoms with E-state index >= 15 is 0 Å². The van der Waals surface area contributed by atoms with Gasteiger partial charge in [-0.1, -0.05) is 11.6 Å². The Morgan fingerprint density at radius 3 is 2.52 bits per heavy atom. The van der Waals surface area contributed by atoms with Gasteiger partial charge >= 0.3 is 6.18 Å². The van der Waals surface area contributed by atoms with E-state index in [1.165, 1.54) is 11.3 Å². The molecule has 112 valence electrons. The van der Waals surface area contributed by atoms with Crippen LogP contribution >= 0.6 is 22.9 Å². The van der Waals surface area contributed by atoms with Crippen molar-refractivity contribution in [3.8, 4) is 0 Å². The van der Waals surface area contributed by atoms with E-state index in [0.29, 0.717) is 10.4 Å². The quantitative estimate of drug-likeness (QED) is 0.635. The topological polar surface area (TPSA) is 55.2 Å². The average molecular weight is 337 g/mol. The van der Waals surface area contributed by atoms with Crippen molar-refractivity contribution in [1.29, 1.82) is 0 Å².